The Balaban J connectivity index is 2.13. The van der Waals surface area contributed by atoms with E-state index in [9.17, 15) is 30.4 Å². The molecule has 1 N–H and O–H groups in total. The smallest absolute Gasteiger partial charge is 0.268 e. The summed E-state index contributed by atoms with van der Waals surface area (Å²) in [4.78, 5) is 1.66. The molecule has 0 atom stereocenters. The largest absolute Gasteiger partial charge is 0.486 e. The molecule has 1 aliphatic carbocycles. The molecule has 0 unspecified atom stereocenters. The summed E-state index contributed by atoms with van der Waals surface area (Å²) in [6, 6.07) is 1.68. The van der Waals surface area contributed by atoms with Crippen molar-refractivity contribution in [3.63, 3.8) is 0 Å². The van der Waals surface area contributed by atoms with Crippen molar-refractivity contribution in [3.05, 3.63) is 47.5 Å². The minimum absolute atomic E-state index is 0.380. The molecule has 1 saturated carbocycles. The molecule has 1 aromatic heterocycles. The molecule has 25 heavy (non-hydrogen) atoms. The molecule has 1 heterocycles. The number of pyridine rings is 1. The average Bonchev–Trinajstić information content (AvgIpc) is 3.34. The maximum absolute atomic E-state index is 14.1. The number of benzene rings is 1. The first-order valence-electron chi connectivity index (χ1n) is 6.87. The zero-order valence-corrected chi connectivity index (χ0v) is 13.0. The van der Waals surface area contributed by atoms with E-state index in [2.05, 4.69) is 4.98 Å². The predicted molar refractivity (Wildman–Crippen MR) is 74.9 cm³/mol. The minimum Gasteiger partial charge on any atom is -0.486 e. The predicted octanol–water partition coefficient (Wildman–Crippen LogP) is 3.12. The van der Waals surface area contributed by atoms with Crippen LogP contribution < -0.4 is 9.46 Å². The second-order valence-electron chi connectivity index (χ2n) is 5.20. The third-order valence-electron chi connectivity index (χ3n) is 3.24. The van der Waals surface area contributed by atoms with Crippen LogP contribution in [0.2, 0.25) is 0 Å². The van der Waals surface area contributed by atoms with Crippen LogP contribution in [-0.4, -0.2) is 19.5 Å². The van der Waals surface area contributed by atoms with E-state index >= 15 is 0 Å². The summed E-state index contributed by atoms with van der Waals surface area (Å²) in [5.41, 5.74) is -0.380. The highest BCUT2D eigenvalue weighted by Crippen LogP contribution is 2.38. The Hall–Kier alpha value is -2.43. The molecule has 0 spiro atoms. The quantitative estimate of drug-likeness (QED) is 0.375. The minimum atomic E-state index is -4.96. The number of ether oxygens (including phenoxy) is 1. The van der Waals surface area contributed by atoms with Crippen LogP contribution in [0.15, 0.2) is 23.2 Å². The molecule has 5 nitrogen and oxygen atoms in total. The van der Waals surface area contributed by atoms with E-state index in [1.807, 2.05) is 0 Å². The lowest BCUT2D eigenvalue weighted by molar-refractivity contribution is 0.262. The Labute approximate surface area is 138 Å². The first-order chi connectivity index (χ1) is 11.7. The fraction of sp³-hybridized carbons (Fsp3) is 0.214. The van der Waals surface area contributed by atoms with Crippen molar-refractivity contribution in [2.24, 2.45) is 0 Å². The molecule has 134 valence electrons. The Morgan fingerprint density at radius 2 is 1.68 bits per heavy atom. The SMILES string of the molecule is O=S(=O)(Nc1ccnc(F)c1)c1c(F)c(F)c(F)c(F)c1OC1CC1. The Bertz CT molecular complexity index is 948. The lowest BCUT2D eigenvalue weighted by atomic mass is 10.3. The van der Waals surface area contributed by atoms with Gasteiger partial charge < -0.3 is 4.74 Å². The summed E-state index contributed by atoms with van der Waals surface area (Å²) < 4.78 is 99.4. The molecule has 0 saturated heterocycles. The number of nitrogens with one attached hydrogen (secondary N) is 1. The number of hydrogen-bond donors (Lipinski definition) is 1. The third kappa shape index (κ3) is 3.36. The van der Waals surface area contributed by atoms with Crippen LogP contribution in [0.1, 0.15) is 12.8 Å². The Morgan fingerprint density at radius 1 is 1.04 bits per heavy atom. The Morgan fingerprint density at radius 3 is 2.28 bits per heavy atom. The summed E-state index contributed by atoms with van der Waals surface area (Å²) in [5, 5.41) is 0. The van der Waals surface area contributed by atoms with Gasteiger partial charge in [0.25, 0.3) is 10.0 Å². The van der Waals surface area contributed by atoms with E-state index in [1.54, 1.807) is 4.72 Å². The number of sulfonamides is 1. The van der Waals surface area contributed by atoms with Crippen LogP contribution in [0, 0.1) is 29.2 Å². The van der Waals surface area contributed by atoms with Gasteiger partial charge in [-0.15, -0.1) is 0 Å². The monoisotopic (exact) mass is 380 g/mol. The first-order valence-corrected chi connectivity index (χ1v) is 8.36. The van der Waals surface area contributed by atoms with Crippen molar-refractivity contribution in [2.45, 2.75) is 23.8 Å². The second-order valence-corrected chi connectivity index (χ2v) is 6.82. The van der Waals surface area contributed by atoms with E-state index in [0.717, 1.165) is 12.3 Å². The molecule has 0 amide bonds. The van der Waals surface area contributed by atoms with Crippen molar-refractivity contribution >= 4 is 15.7 Å². The van der Waals surface area contributed by atoms with E-state index in [4.69, 9.17) is 4.74 Å². The van der Waals surface area contributed by atoms with Gasteiger partial charge in [0.2, 0.25) is 17.6 Å². The maximum atomic E-state index is 14.1. The van der Waals surface area contributed by atoms with Crippen LogP contribution in [-0.2, 0) is 10.0 Å². The zero-order chi connectivity index (χ0) is 18.4. The maximum Gasteiger partial charge on any atom is 0.268 e. The van der Waals surface area contributed by atoms with E-state index in [0.29, 0.717) is 18.9 Å². The highest BCUT2D eigenvalue weighted by molar-refractivity contribution is 7.92. The number of rotatable bonds is 5. The lowest BCUT2D eigenvalue weighted by Crippen LogP contribution is -2.19. The molecule has 1 aromatic carbocycles. The highest BCUT2D eigenvalue weighted by atomic mass is 32.2. The van der Waals surface area contributed by atoms with Gasteiger partial charge in [-0.1, -0.05) is 0 Å². The van der Waals surface area contributed by atoms with Crippen LogP contribution >= 0.6 is 0 Å². The van der Waals surface area contributed by atoms with Gasteiger partial charge in [-0.25, -0.2) is 26.6 Å². The van der Waals surface area contributed by atoms with Gasteiger partial charge in [-0.3, -0.25) is 4.72 Å². The topological polar surface area (TPSA) is 68.3 Å². The second kappa shape index (κ2) is 6.14. The molecule has 3 rings (SSSR count). The number of anilines is 1. The molecule has 0 radical (unpaired) electrons. The highest BCUT2D eigenvalue weighted by Gasteiger charge is 2.37. The third-order valence-corrected chi connectivity index (χ3v) is 4.65. The number of halogens is 5. The van der Waals surface area contributed by atoms with Gasteiger partial charge in [0.05, 0.1) is 11.8 Å². The molecule has 1 aliphatic rings. The van der Waals surface area contributed by atoms with Gasteiger partial charge in [-0.2, -0.15) is 8.78 Å². The lowest BCUT2D eigenvalue weighted by Gasteiger charge is -2.15. The van der Waals surface area contributed by atoms with Crippen LogP contribution in [0.4, 0.5) is 27.6 Å². The van der Waals surface area contributed by atoms with Gasteiger partial charge >= 0.3 is 0 Å². The van der Waals surface area contributed by atoms with Gasteiger partial charge in [0.15, 0.2) is 22.3 Å². The average molecular weight is 380 g/mol. The summed E-state index contributed by atoms with van der Waals surface area (Å²) in [6.45, 7) is 0. The molecule has 2 aromatic rings. The number of hydrogen-bond acceptors (Lipinski definition) is 4. The van der Waals surface area contributed by atoms with Gasteiger partial charge in [-0.05, 0) is 18.9 Å². The van der Waals surface area contributed by atoms with Crippen molar-refractivity contribution in [1.29, 1.82) is 0 Å². The van der Waals surface area contributed by atoms with Crippen molar-refractivity contribution in [2.75, 3.05) is 4.72 Å². The summed E-state index contributed by atoms with van der Waals surface area (Å²) in [5.74, 6) is -10.9. The fourth-order valence-electron chi connectivity index (χ4n) is 1.96. The standard InChI is InChI=1S/C14H9F5N2O3S/c15-8-5-6(3-4-20-8)21-25(22,23)14-12(19)10(17)9(16)11(18)13(14)24-7-1-2-7/h3-5,7H,1-2H2,(H,20,21). The van der Waals surface area contributed by atoms with Crippen molar-refractivity contribution in [3.8, 4) is 5.75 Å². The summed E-state index contributed by atoms with van der Waals surface area (Å²) in [7, 11) is -4.96. The molecule has 1 fully saturated rings. The fourth-order valence-corrected chi connectivity index (χ4v) is 3.21. The number of nitrogens with zero attached hydrogens (tertiary/aromatic N) is 1. The van der Waals surface area contributed by atoms with E-state index in [-0.39, 0.29) is 5.69 Å². The normalized spacial score (nSPS) is 14.4. The van der Waals surface area contributed by atoms with Crippen molar-refractivity contribution in [1.82, 2.24) is 4.98 Å². The molecule has 0 bridgehead atoms. The molecular weight excluding hydrogens is 371 g/mol. The van der Waals surface area contributed by atoms with Crippen LogP contribution in [0.3, 0.4) is 0 Å². The van der Waals surface area contributed by atoms with E-state index in [1.165, 1.54) is 0 Å². The van der Waals surface area contributed by atoms with E-state index < -0.39 is 56.0 Å². The summed E-state index contributed by atoms with van der Waals surface area (Å²) >= 11 is 0. The number of aromatic nitrogens is 1. The first kappa shape index (κ1) is 17.4. The zero-order valence-electron chi connectivity index (χ0n) is 12.2. The molecule has 11 heteroatoms. The molecule has 0 aliphatic heterocycles. The molecular formula is C14H9F5N2O3S. The summed E-state index contributed by atoms with van der Waals surface area (Å²) in [6.07, 6.45) is 1.12. The van der Waals surface area contributed by atoms with Gasteiger partial charge in [0, 0.05) is 12.3 Å². The van der Waals surface area contributed by atoms with Crippen LogP contribution in [0.25, 0.3) is 0 Å². The van der Waals surface area contributed by atoms with Crippen LogP contribution in [0.5, 0.6) is 5.75 Å². The van der Waals surface area contributed by atoms with Gasteiger partial charge in [0.1, 0.15) is 0 Å². The van der Waals surface area contributed by atoms with Crippen molar-refractivity contribution < 1.29 is 35.1 Å². The Kier molecular flexibility index (Phi) is 4.27.